The van der Waals surface area contributed by atoms with Crippen LogP contribution in [0.1, 0.15) is 12.0 Å². The van der Waals surface area contributed by atoms with Crippen molar-refractivity contribution in [1.29, 1.82) is 0 Å². The molecule has 5 nitrogen and oxygen atoms in total. The van der Waals surface area contributed by atoms with E-state index in [0.29, 0.717) is 40.4 Å². The number of pyridine rings is 1. The topological polar surface area (TPSA) is 60.5 Å². The number of ether oxygens (including phenoxy) is 2. The van der Waals surface area contributed by atoms with Crippen molar-refractivity contribution >= 4 is 46.7 Å². The van der Waals surface area contributed by atoms with Crippen LogP contribution >= 0.6 is 35.0 Å². The van der Waals surface area contributed by atoms with Crippen LogP contribution in [0.3, 0.4) is 0 Å². The van der Waals surface area contributed by atoms with E-state index in [9.17, 15) is 4.79 Å². The highest BCUT2D eigenvalue weighted by atomic mass is 35.5. The predicted molar refractivity (Wildman–Crippen MR) is 100 cm³/mol. The Bertz CT molecular complexity index is 802. The minimum Gasteiger partial charge on any atom is -0.490 e. The van der Waals surface area contributed by atoms with Crippen LogP contribution in [0.4, 0.5) is 5.82 Å². The number of carbonyl (C=O) groups is 1. The molecule has 2 heterocycles. The van der Waals surface area contributed by atoms with Crippen LogP contribution in [0.25, 0.3) is 0 Å². The Kier molecular flexibility index (Phi) is 5.93. The van der Waals surface area contributed by atoms with E-state index in [1.54, 1.807) is 6.92 Å². The first kappa shape index (κ1) is 18.2. The standard InChI is InChI=1S/C17H16Cl2N2O3S/c1-10-12(18)8-20-17(16(10)19)21-15(22)9-25-11-3-4-13-14(7-11)24-6-2-5-23-13/h3-4,7-8H,2,5-6,9H2,1H3,(H,20,21,22). The molecular formula is C17H16Cl2N2O3S. The number of benzene rings is 1. The Hall–Kier alpha value is -1.63. The molecule has 1 aliphatic heterocycles. The lowest BCUT2D eigenvalue weighted by Gasteiger charge is -2.10. The minimum atomic E-state index is -0.201. The molecular weight excluding hydrogens is 383 g/mol. The Balaban J connectivity index is 1.61. The molecule has 1 aliphatic rings. The lowest BCUT2D eigenvalue weighted by Crippen LogP contribution is -2.15. The summed E-state index contributed by atoms with van der Waals surface area (Å²) in [7, 11) is 0. The fraction of sp³-hybridized carbons (Fsp3) is 0.294. The highest BCUT2D eigenvalue weighted by molar-refractivity contribution is 8.00. The maximum atomic E-state index is 12.2. The Morgan fingerprint density at radius 3 is 2.84 bits per heavy atom. The monoisotopic (exact) mass is 398 g/mol. The summed E-state index contributed by atoms with van der Waals surface area (Å²) < 4.78 is 11.2. The normalized spacial score (nSPS) is 13.2. The van der Waals surface area contributed by atoms with Crippen molar-refractivity contribution in [3.63, 3.8) is 0 Å². The third-order valence-electron chi connectivity index (χ3n) is 3.55. The molecule has 8 heteroatoms. The number of anilines is 1. The fourth-order valence-corrected chi connectivity index (χ4v) is 3.31. The smallest absolute Gasteiger partial charge is 0.235 e. The average molecular weight is 399 g/mol. The van der Waals surface area contributed by atoms with Gasteiger partial charge in [0.05, 0.1) is 29.0 Å². The number of aromatic nitrogens is 1. The van der Waals surface area contributed by atoms with Gasteiger partial charge in [-0.15, -0.1) is 11.8 Å². The molecule has 1 aromatic heterocycles. The van der Waals surface area contributed by atoms with Crippen molar-refractivity contribution < 1.29 is 14.3 Å². The van der Waals surface area contributed by atoms with Crippen molar-refractivity contribution in [1.82, 2.24) is 4.98 Å². The van der Waals surface area contributed by atoms with Crippen molar-refractivity contribution in [3.8, 4) is 11.5 Å². The van der Waals surface area contributed by atoms with Crippen LogP contribution in [0, 0.1) is 6.92 Å². The SMILES string of the molecule is Cc1c(Cl)cnc(NC(=O)CSc2ccc3c(c2)OCCCO3)c1Cl. The van der Waals surface area contributed by atoms with Gasteiger partial charge in [0.25, 0.3) is 0 Å². The van der Waals surface area contributed by atoms with Crippen molar-refractivity contribution in [2.24, 2.45) is 0 Å². The number of amides is 1. The van der Waals surface area contributed by atoms with E-state index in [1.165, 1.54) is 18.0 Å². The highest BCUT2D eigenvalue weighted by Gasteiger charge is 2.14. The molecule has 0 saturated heterocycles. The van der Waals surface area contributed by atoms with Crippen molar-refractivity contribution in [2.75, 3.05) is 24.3 Å². The first-order chi connectivity index (χ1) is 12.0. The van der Waals surface area contributed by atoms with Crippen LogP contribution in [0.5, 0.6) is 11.5 Å². The quantitative estimate of drug-likeness (QED) is 0.763. The van der Waals surface area contributed by atoms with Gasteiger partial charge in [0.15, 0.2) is 17.3 Å². The summed E-state index contributed by atoms with van der Waals surface area (Å²) in [5.74, 6) is 1.78. The maximum Gasteiger partial charge on any atom is 0.235 e. The summed E-state index contributed by atoms with van der Waals surface area (Å²) in [6.45, 7) is 3.05. The van der Waals surface area contributed by atoms with Gasteiger partial charge in [-0.2, -0.15) is 0 Å². The number of fused-ring (bicyclic) bond motifs is 1. The molecule has 0 saturated carbocycles. The maximum absolute atomic E-state index is 12.2. The van der Waals surface area contributed by atoms with Crippen molar-refractivity contribution in [3.05, 3.63) is 40.0 Å². The average Bonchev–Trinajstić information content (AvgIpc) is 2.85. The molecule has 0 spiro atoms. The van der Waals surface area contributed by atoms with E-state index < -0.39 is 0 Å². The van der Waals surface area contributed by atoms with Crippen LogP contribution in [0.2, 0.25) is 10.0 Å². The fourth-order valence-electron chi connectivity index (χ4n) is 2.19. The third-order valence-corrected chi connectivity index (χ3v) is 5.39. The van der Waals surface area contributed by atoms with Gasteiger partial charge in [-0.1, -0.05) is 23.2 Å². The first-order valence-electron chi connectivity index (χ1n) is 7.67. The molecule has 25 heavy (non-hydrogen) atoms. The minimum absolute atomic E-state index is 0.201. The Labute approximate surface area is 160 Å². The molecule has 0 atom stereocenters. The lowest BCUT2D eigenvalue weighted by atomic mass is 10.3. The molecule has 0 radical (unpaired) electrons. The number of hydrogen-bond acceptors (Lipinski definition) is 5. The second-order valence-corrected chi connectivity index (χ2v) is 7.22. The van der Waals surface area contributed by atoms with Crippen LogP contribution < -0.4 is 14.8 Å². The number of nitrogens with one attached hydrogen (secondary N) is 1. The van der Waals surface area contributed by atoms with Gasteiger partial charge < -0.3 is 14.8 Å². The van der Waals surface area contributed by atoms with Gasteiger partial charge in [-0.3, -0.25) is 4.79 Å². The summed E-state index contributed by atoms with van der Waals surface area (Å²) in [5.41, 5.74) is 0.684. The van der Waals surface area contributed by atoms with Gasteiger partial charge in [0, 0.05) is 17.5 Å². The highest BCUT2D eigenvalue weighted by Crippen LogP contribution is 2.34. The summed E-state index contributed by atoms with van der Waals surface area (Å²) in [6, 6.07) is 5.65. The lowest BCUT2D eigenvalue weighted by molar-refractivity contribution is -0.113. The summed E-state index contributed by atoms with van der Waals surface area (Å²) >= 11 is 13.5. The van der Waals surface area contributed by atoms with E-state index in [0.717, 1.165) is 17.1 Å². The molecule has 0 fully saturated rings. The van der Waals surface area contributed by atoms with E-state index in [4.69, 9.17) is 32.7 Å². The molecule has 1 N–H and O–H groups in total. The van der Waals surface area contributed by atoms with Crippen LogP contribution in [-0.2, 0) is 4.79 Å². The third kappa shape index (κ3) is 4.51. The zero-order chi connectivity index (χ0) is 17.8. The molecule has 3 rings (SSSR count). The zero-order valence-corrected chi connectivity index (χ0v) is 15.8. The molecule has 1 amide bonds. The van der Waals surface area contributed by atoms with Gasteiger partial charge in [-0.25, -0.2) is 4.98 Å². The molecule has 1 aromatic carbocycles. The van der Waals surface area contributed by atoms with Gasteiger partial charge in [0.2, 0.25) is 5.91 Å². The number of halogens is 2. The molecule has 2 aromatic rings. The number of rotatable bonds is 4. The van der Waals surface area contributed by atoms with E-state index >= 15 is 0 Å². The molecule has 0 aliphatic carbocycles. The van der Waals surface area contributed by atoms with Crippen LogP contribution in [0.15, 0.2) is 29.3 Å². The predicted octanol–water partition coefficient (Wildman–Crippen LogP) is 4.59. The van der Waals surface area contributed by atoms with E-state index in [1.807, 2.05) is 18.2 Å². The van der Waals surface area contributed by atoms with Gasteiger partial charge in [-0.05, 0) is 30.7 Å². The second-order valence-electron chi connectivity index (χ2n) is 5.39. The van der Waals surface area contributed by atoms with Crippen molar-refractivity contribution in [2.45, 2.75) is 18.2 Å². The van der Waals surface area contributed by atoms with Gasteiger partial charge in [0.1, 0.15) is 0 Å². The summed E-state index contributed by atoms with van der Waals surface area (Å²) in [6.07, 6.45) is 2.32. The largest absolute Gasteiger partial charge is 0.490 e. The first-order valence-corrected chi connectivity index (χ1v) is 9.41. The Morgan fingerprint density at radius 2 is 2.04 bits per heavy atom. The van der Waals surface area contributed by atoms with E-state index in [-0.39, 0.29) is 11.7 Å². The number of hydrogen-bond donors (Lipinski definition) is 1. The number of thioether (sulfide) groups is 1. The Morgan fingerprint density at radius 1 is 1.28 bits per heavy atom. The number of nitrogens with zero attached hydrogens (tertiary/aromatic N) is 1. The van der Waals surface area contributed by atoms with E-state index in [2.05, 4.69) is 10.3 Å². The molecule has 132 valence electrons. The molecule has 0 unspecified atom stereocenters. The molecule has 0 bridgehead atoms. The van der Waals surface area contributed by atoms with Crippen LogP contribution in [-0.4, -0.2) is 29.9 Å². The summed E-state index contributed by atoms with van der Waals surface area (Å²) in [4.78, 5) is 17.1. The summed E-state index contributed by atoms with van der Waals surface area (Å²) in [5, 5.41) is 3.51. The second kappa shape index (κ2) is 8.17. The van der Waals surface area contributed by atoms with Gasteiger partial charge >= 0.3 is 0 Å². The number of carbonyl (C=O) groups excluding carboxylic acids is 1. The zero-order valence-electron chi connectivity index (χ0n) is 13.5.